The lowest BCUT2D eigenvalue weighted by Crippen LogP contribution is -2.40. The maximum Gasteiger partial charge on any atom is 0.411 e. The van der Waals surface area contributed by atoms with Gasteiger partial charge in [-0.15, -0.1) is 0 Å². The van der Waals surface area contributed by atoms with Crippen molar-refractivity contribution in [1.82, 2.24) is 9.80 Å². The molecule has 0 bridgehead atoms. The number of unbranched alkanes of at least 4 members (excludes halogenated alkanes) is 1. The molecule has 1 unspecified atom stereocenters. The van der Waals surface area contributed by atoms with Crippen LogP contribution in [0.1, 0.15) is 50.2 Å². The summed E-state index contributed by atoms with van der Waals surface area (Å²) >= 11 is 0. The van der Waals surface area contributed by atoms with E-state index in [1.807, 2.05) is 59.5 Å². The minimum Gasteiger partial charge on any atom is -0.446 e. The van der Waals surface area contributed by atoms with Crippen LogP contribution in [-0.4, -0.2) is 94.4 Å². The van der Waals surface area contributed by atoms with Crippen molar-refractivity contribution in [3.63, 3.8) is 0 Å². The second kappa shape index (κ2) is 19.6. The lowest BCUT2D eigenvalue weighted by molar-refractivity contribution is -0.146. The predicted molar refractivity (Wildman–Crippen MR) is 197 cm³/mol. The molecule has 1 saturated carbocycles. The number of hydrogen-bond acceptors (Lipinski definition) is 7. The maximum atomic E-state index is 12.9. The van der Waals surface area contributed by atoms with Gasteiger partial charge in [0, 0.05) is 46.0 Å². The molecule has 3 atom stereocenters. The third-order valence-corrected chi connectivity index (χ3v) is 10.1. The molecule has 1 saturated heterocycles. The van der Waals surface area contributed by atoms with Crippen molar-refractivity contribution in [2.24, 2.45) is 11.8 Å². The number of rotatable bonds is 19. The van der Waals surface area contributed by atoms with Gasteiger partial charge in [0.05, 0.1) is 31.9 Å². The van der Waals surface area contributed by atoms with E-state index in [2.05, 4.69) is 41.4 Å². The molecule has 0 radical (unpaired) electrons. The minimum atomic E-state index is -0.417. The Morgan fingerprint density at radius 1 is 0.860 bits per heavy atom. The average Bonchev–Trinajstić information content (AvgIpc) is 3.70. The van der Waals surface area contributed by atoms with Crippen LogP contribution in [0.2, 0.25) is 0 Å². The van der Waals surface area contributed by atoms with Gasteiger partial charge < -0.3 is 28.7 Å². The van der Waals surface area contributed by atoms with Gasteiger partial charge >= 0.3 is 6.09 Å². The van der Waals surface area contributed by atoms with Gasteiger partial charge in [-0.25, -0.2) is 4.79 Å². The van der Waals surface area contributed by atoms with Crippen molar-refractivity contribution in [3.8, 4) is 11.1 Å². The fraction of sp³-hybridized carbons (Fsp3) is 0.512. The van der Waals surface area contributed by atoms with E-state index in [1.165, 1.54) is 11.1 Å². The van der Waals surface area contributed by atoms with E-state index < -0.39 is 6.29 Å². The van der Waals surface area contributed by atoms with Crippen molar-refractivity contribution in [3.05, 3.63) is 90.0 Å². The fourth-order valence-electron chi connectivity index (χ4n) is 7.23. The van der Waals surface area contributed by atoms with Gasteiger partial charge in [0.2, 0.25) is 5.91 Å². The van der Waals surface area contributed by atoms with Gasteiger partial charge in [-0.1, -0.05) is 86.1 Å². The van der Waals surface area contributed by atoms with Gasteiger partial charge in [-0.05, 0) is 66.7 Å². The molecule has 2 fully saturated rings. The number of nitrogens with zero attached hydrogens (tertiary/aromatic N) is 2. The second-order valence-corrected chi connectivity index (χ2v) is 13.6. The van der Waals surface area contributed by atoms with Crippen molar-refractivity contribution in [2.45, 2.75) is 64.3 Å². The summed E-state index contributed by atoms with van der Waals surface area (Å²) in [6.07, 6.45) is 5.21. The normalized spacial score (nSPS) is 18.7. The van der Waals surface area contributed by atoms with Crippen LogP contribution >= 0.6 is 0 Å². The topological polar surface area (TPSA) is 89.6 Å². The maximum absolute atomic E-state index is 12.9. The number of amides is 2. The van der Waals surface area contributed by atoms with Crippen molar-refractivity contribution < 1.29 is 28.5 Å². The molecule has 9 heteroatoms. The highest BCUT2D eigenvalue weighted by Crippen LogP contribution is 2.39. The average molecular weight is 686 g/mol. The van der Waals surface area contributed by atoms with Crippen LogP contribution in [0.5, 0.6) is 0 Å². The Balaban J connectivity index is 0.959. The molecular weight excluding hydrogens is 630 g/mol. The van der Waals surface area contributed by atoms with Crippen LogP contribution in [0.15, 0.2) is 78.9 Å². The fourth-order valence-corrected chi connectivity index (χ4v) is 7.23. The van der Waals surface area contributed by atoms with Crippen LogP contribution in [0, 0.1) is 11.8 Å². The summed E-state index contributed by atoms with van der Waals surface area (Å²) in [5.74, 6) is 1.23. The van der Waals surface area contributed by atoms with E-state index >= 15 is 0 Å². The Kier molecular flexibility index (Phi) is 14.7. The van der Waals surface area contributed by atoms with E-state index in [-0.39, 0.29) is 18.1 Å². The largest absolute Gasteiger partial charge is 0.446 e. The van der Waals surface area contributed by atoms with Crippen molar-refractivity contribution in [2.75, 3.05) is 65.5 Å². The summed E-state index contributed by atoms with van der Waals surface area (Å²) in [4.78, 5) is 30.0. The summed E-state index contributed by atoms with van der Waals surface area (Å²) in [5.41, 5.74) is 5.39. The Bertz CT molecular complexity index is 1450. The Morgan fingerprint density at radius 2 is 1.52 bits per heavy atom. The van der Waals surface area contributed by atoms with Crippen LogP contribution in [-0.2, 0) is 36.6 Å². The first-order chi connectivity index (χ1) is 24.4. The highest BCUT2D eigenvalue weighted by molar-refractivity contribution is 5.91. The summed E-state index contributed by atoms with van der Waals surface area (Å²) in [6.45, 7) is 7.41. The molecule has 5 rings (SSSR count). The molecule has 2 aliphatic rings. The Morgan fingerprint density at radius 3 is 2.20 bits per heavy atom. The Hall–Kier alpha value is -3.76. The summed E-state index contributed by atoms with van der Waals surface area (Å²) < 4.78 is 22.3. The molecule has 270 valence electrons. The van der Waals surface area contributed by atoms with E-state index in [9.17, 15) is 9.59 Å². The van der Waals surface area contributed by atoms with Crippen LogP contribution in [0.25, 0.3) is 11.1 Å². The van der Waals surface area contributed by atoms with E-state index in [4.69, 9.17) is 18.9 Å². The molecular formula is C41H55N3O6. The highest BCUT2D eigenvalue weighted by atomic mass is 16.7. The first-order valence-electron chi connectivity index (χ1n) is 18.3. The zero-order valence-electron chi connectivity index (χ0n) is 30.1. The summed E-state index contributed by atoms with van der Waals surface area (Å²) in [6, 6.07) is 26.8. The molecule has 3 aromatic rings. The molecule has 3 aromatic carbocycles. The predicted octanol–water partition coefficient (Wildman–Crippen LogP) is 7.05. The van der Waals surface area contributed by atoms with Gasteiger partial charge in [0.15, 0.2) is 6.29 Å². The van der Waals surface area contributed by atoms with Crippen LogP contribution < -0.4 is 5.32 Å². The van der Waals surface area contributed by atoms with Crippen LogP contribution in [0.3, 0.4) is 0 Å². The van der Waals surface area contributed by atoms with Gasteiger partial charge in [0.1, 0.15) is 6.10 Å². The monoisotopic (exact) mass is 685 g/mol. The number of ether oxygens (including phenoxy) is 4. The number of fused-ring (bicyclic) bond motifs is 1. The Labute approximate surface area is 298 Å². The number of benzene rings is 3. The SMILES string of the molecule is CCCCN(CC(OC)OC)C(=O)CCOCCc1ccc(CCN2C[C@H]3CC(OC(=O)Nc4ccccc4-c4ccccc4)C[C@H]3C2)cc1. The molecule has 1 N–H and O–H groups in total. The lowest BCUT2D eigenvalue weighted by Gasteiger charge is -2.26. The molecule has 1 heterocycles. The van der Waals surface area contributed by atoms with Gasteiger partial charge in [-0.3, -0.25) is 10.1 Å². The second-order valence-electron chi connectivity index (χ2n) is 13.6. The zero-order valence-corrected chi connectivity index (χ0v) is 30.1. The smallest absolute Gasteiger partial charge is 0.411 e. The zero-order chi connectivity index (χ0) is 35.1. The third-order valence-electron chi connectivity index (χ3n) is 10.1. The molecule has 1 aliphatic carbocycles. The summed E-state index contributed by atoms with van der Waals surface area (Å²) in [5, 5.41) is 2.99. The minimum absolute atomic E-state index is 0.0295. The van der Waals surface area contributed by atoms with E-state index in [0.29, 0.717) is 44.6 Å². The van der Waals surface area contributed by atoms with E-state index in [0.717, 1.165) is 75.0 Å². The van der Waals surface area contributed by atoms with Crippen molar-refractivity contribution in [1.29, 1.82) is 0 Å². The molecule has 1 aliphatic heterocycles. The van der Waals surface area contributed by atoms with Gasteiger partial charge in [-0.2, -0.15) is 0 Å². The molecule has 0 spiro atoms. The van der Waals surface area contributed by atoms with Crippen molar-refractivity contribution >= 4 is 17.7 Å². The van der Waals surface area contributed by atoms with Crippen LogP contribution in [0.4, 0.5) is 10.5 Å². The number of nitrogens with one attached hydrogen (secondary N) is 1. The number of anilines is 1. The quantitative estimate of drug-likeness (QED) is 0.107. The number of hydrogen-bond donors (Lipinski definition) is 1. The summed E-state index contributed by atoms with van der Waals surface area (Å²) in [7, 11) is 3.18. The number of carbonyl (C=O) groups is 2. The first kappa shape index (κ1) is 37.5. The number of methoxy groups -OCH3 is 2. The van der Waals surface area contributed by atoms with E-state index in [1.54, 1.807) is 14.2 Å². The molecule has 9 nitrogen and oxygen atoms in total. The lowest BCUT2D eigenvalue weighted by atomic mass is 10.0. The standard InChI is InChI=1S/C41H55N3O6/c1-4-5-22-44(30-40(47-2)48-3)39(45)21-25-49-24-20-32-17-15-31(16-18-32)19-23-43-28-34-26-36(27-35(34)29-43)50-41(46)42-38-14-10-9-13-37(38)33-11-7-6-8-12-33/h6-18,34-36,40H,4-5,19-30H2,1-3H3,(H,42,46)/t34-,35+,36?. The number of para-hydroxylation sites is 1. The van der Waals surface area contributed by atoms with Gasteiger partial charge in [0.25, 0.3) is 0 Å². The number of carbonyl (C=O) groups excluding carboxylic acids is 2. The molecule has 0 aromatic heterocycles. The number of likely N-dealkylation sites (tertiary alicyclic amines) is 1. The highest BCUT2D eigenvalue weighted by Gasteiger charge is 2.42. The molecule has 50 heavy (non-hydrogen) atoms. The first-order valence-corrected chi connectivity index (χ1v) is 18.3. The third kappa shape index (κ3) is 11.1. The molecule has 2 amide bonds.